The maximum absolute atomic E-state index is 14.3. The number of benzene rings is 1. The SMILES string of the molecule is CC(C)(C)Nc1nc(-c2cccnc2)nc2c1=CC(c1cc(F)ccc1F)CC=2. The van der Waals surface area contributed by atoms with Crippen LogP contribution in [-0.4, -0.2) is 20.5 Å². The molecule has 1 unspecified atom stereocenters. The first-order valence-electron chi connectivity index (χ1n) is 9.54. The molecular formula is C23H22F2N4. The van der Waals surface area contributed by atoms with E-state index in [2.05, 4.69) is 10.3 Å². The summed E-state index contributed by atoms with van der Waals surface area (Å²) < 4.78 is 28.0. The van der Waals surface area contributed by atoms with Gasteiger partial charge in [0.05, 0.1) is 5.35 Å². The van der Waals surface area contributed by atoms with Crippen molar-refractivity contribution in [1.29, 1.82) is 0 Å². The monoisotopic (exact) mass is 392 g/mol. The number of fused-ring (bicyclic) bond motifs is 1. The molecule has 6 heteroatoms. The maximum atomic E-state index is 14.3. The van der Waals surface area contributed by atoms with Crippen molar-refractivity contribution in [3.8, 4) is 11.4 Å². The van der Waals surface area contributed by atoms with Crippen LogP contribution in [0.5, 0.6) is 0 Å². The van der Waals surface area contributed by atoms with Crippen LogP contribution in [0.25, 0.3) is 23.5 Å². The minimum atomic E-state index is -0.447. The fourth-order valence-corrected chi connectivity index (χ4v) is 3.40. The van der Waals surface area contributed by atoms with E-state index in [0.29, 0.717) is 23.6 Å². The Morgan fingerprint density at radius 1 is 1.10 bits per heavy atom. The first kappa shape index (κ1) is 19.2. The summed E-state index contributed by atoms with van der Waals surface area (Å²) >= 11 is 0. The van der Waals surface area contributed by atoms with Gasteiger partial charge in [-0.05, 0) is 63.1 Å². The average Bonchev–Trinajstić information content (AvgIpc) is 2.69. The molecule has 0 aliphatic heterocycles. The van der Waals surface area contributed by atoms with E-state index in [-0.39, 0.29) is 11.5 Å². The van der Waals surface area contributed by atoms with Crippen molar-refractivity contribution in [2.24, 2.45) is 0 Å². The molecule has 1 aliphatic carbocycles. The standard InChI is InChI=1S/C23H22F2N4/c1-23(2,3)29-22-18-11-14(17-12-16(24)7-8-19(17)25)6-9-20(18)27-21(28-22)15-5-4-10-26-13-15/h4-5,7-14H,6H2,1-3H3,(H,27,28,29). The molecule has 1 atom stereocenters. The first-order valence-corrected chi connectivity index (χ1v) is 9.54. The maximum Gasteiger partial charge on any atom is 0.163 e. The van der Waals surface area contributed by atoms with Crippen molar-refractivity contribution >= 4 is 18.0 Å². The van der Waals surface area contributed by atoms with Gasteiger partial charge in [0.25, 0.3) is 0 Å². The topological polar surface area (TPSA) is 50.7 Å². The van der Waals surface area contributed by atoms with Crippen molar-refractivity contribution < 1.29 is 8.78 Å². The molecule has 0 spiro atoms. The van der Waals surface area contributed by atoms with E-state index in [4.69, 9.17) is 9.97 Å². The van der Waals surface area contributed by atoms with Gasteiger partial charge in [0.2, 0.25) is 0 Å². The van der Waals surface area contributed by atoms with Crippen molar-refractivity contribution in [3.05, 3.63) is 70.5 Å². The minimum Gasteiger partial charge on any atom is -0.365 e. The van der Waals surface area contributed by atoms with E-state index < -0.39 is 11.6 Å². The number of nitrogens with one attached hydrogen (secondary N) is 1. The summed E-state index contributed by atoms with van der Waals surface area (Å²) in [5, 5.41) is 5.00. The summed E-state index contributed by atoms with van der Waals surface area (Å²) in [6.45, 7) is 6.13. The molecule has 4 rings (SSSR count). The van der Waals surface area contributed by atoms with E-state index in [9.17, 15) is 8.78 Å². The van der Waals surface area contributed by atoms with Crippen molar-refractivity contribution in [1.82, 2.24) is 15.0 Å². The minimum absolute atomic E-state index is 0.237. The van der Waals surface area contributed by atoms with Gasteiger partial charge in [0.1, 0.15) is 17.5 Å². The summed E-state index contributed by atoms with van der Waals surface area (Å²) in [6.07, 6.45) is 7.84. The van der Waals surface area contributed by atoms with Crippen LogP contribution >= 0.6 is 0 Å². The Bertz CT molecular complexity index is 1170. The molecule has 0 saturated heterocycles. The Balaban J connectivity index is 1.89. The third-order valence-electron chi connectivity index (χ3n) is 4.68. The van der Waals surface area contributed by atoms with Crippen LogP contribution in [0.15, 0.2) is 42.7 Å². The quantitative estimate of drug-likeness (QED) is 0.737. The molecule has 0 amide bonds. The van der Waals surface area contributed by atoms with Gasteiger partial charge in [-0.3, -0.25) is 4.98 Å². The lowest BCUT2D eigenvalue weighted by atomic mass is 9.91. The van der Waals surface area contributed by atoms with Gasteiger partial charge in [-0.1, -0.05) is 12.2 Å². The lowest BCUT2D eigenvalue weighted by Crippen LogP contribution is -2.39. The number of hydrogen-bond donors (Lipinski definition) is 1. The number of aromatic nitrogens is 3. The van der Waals surface area contributed by atoms with Crippen LogP contribution in [-0.2, 0) is 0 Å². The van der Waals surface area contributed by atoms with E-state index in [1.165, 1.54) is 12.1 Å². The molecule has 1 aliphatic rings. The van der Waals surface area contributed by atoms with Gasteiger partial charge in [0, 0.05) is 34.6 Å². The molecule has 0 saturated carbocycles. The van der Waals surface area contributed by atoms with Crippen LogP contribution < -0.4 is 15.9 Å². The Morgan fingerprint density at radius 3 is 2.66 bits per heavy atom. The summed E-state index contributed by atoms with van der Waals surface area (Å²) in [7, 11) is 0. The number of pyridine rings is 1. The number of anilines is 1. The van der Waals surface area contributed by atoms with Gasteiger partial charge in [-0.2, -0.15) is 0 Å². The summed E-state index contributed by atoms with van der Waals surface area (Å²) in [4.78, 5) is 13.6. The molecule has 4 nitrogen and oxygen atoms in total. The van der Waals surface area contributed by atoms with Crippen LogP contribution in [0, 0.1) is 11.6 Å². The molecular weight excluding hydrogens is 370 g/mol. The number of hydrogen-bond acceptors (Lipinski definition) is 4. The fraction of sp³-hybridized carbons (Fsp3) is 0.261. The van der Waals surface area contributed by atoms with Gasteiger partial charge in [-0.25, -0.2) is 18.7 Å². The highest BCUT2D eigenvalue weighted by Gasteiger charge is 2.20. The zero-order valence-electron chi connectivity index (χ0n) is 16.6. The molecule has 0 bridgehead atoms. The molecule has 148 valence electrons. The number of nitrogens with zero attached hydrogens (tertiary/aromatic N) is 3. The van der Waals surface area contributed by atoms with Gasteiger partial charge in [-0.15, -0.1) is 0 Å². The second-order valence-corrected chi connectivity index (χ2v) is 8.19. The molecule has 0 radical (unpaired) electrons. The predicted molar refractivity (Wildman–Crippen MR) is 111 cm³/mol. The van der Waals surface area contributed by atoms with Gasteiger partial charge < -0.3 is 5.32 Å². The Kier molecular flexibility index (Phi) is 4.86. The van der Waals surface area contributed by atoms with E-state index in [1.54, 1.807) is 12.4 Å². The fourth-order valence-electron chi connectivity index (χ4n) is 3.40. The van der Waals surface area contributed by atoms with Crippen LogP contribution in [0.2, 0.25) is 0 Å². The van der Waals surface area contributed by atoms with Gasteiger partial charge in [0.15, 0.2) is 5.82 Å². The largest absolute Gasteiger partial charge is 0.365 e. The number of rotatable bonds is 3. The van der Waals surface area contributed by atoms with Crippen molar-refractivity contribution in [3.63, 3.8) is 0 Å². The lowest BCUT2D eigenvalue weighted by Gasteiger charge is -2.23. The highest BCUT2D eigenvalue weighted by atomic mass is 19.1. The summed E-state index contributed by atoms with van der Waals surface area (Å²) in [6, 6.07) is 7.32. The van der Waals surface area contributed by atoms with Crippen molar-refractivity contribution in [2.45, 2.75) is 38.6 Å². The zero-order chi connectivity index (χ0) is 20.6. The molecule has 2 aromatic heterocycles. The van der Waals surface area contributed by atoms with E-state index >= 15 is 0 Å². The Labute approximate surface area is 168 Å². The average molecular weight is 392 g/mol. The normalized spacial score (nSPS) is 15.8. The smallest absolute Gasteiger partial charge is 0.163 e. The molecule has 0 fully saturated rings. The zero-order valence-corrected chi connectivity index (χ0v) is 16.6. The second kappa shape index (κ2) is 7.35. The van der Waals surface area contributed by atoms with E-state index in [1.807, 2.05) is 45.1 Å². The Morgan fingerprint density at radius 2 is 1.93 bits per heavy atom. The number of halogens is 2. The highest BCUT2D eigenvalue weighted by molar-refractivity contribution is 5.60. The van der Waals surface area contributed by atoms with Crippen LogP contribution in [0.1, 0.15) is 38.7 Å². The van der Waals surface area contributed by atoms with Crippen molar-refractivity contribution in [2.75, 3.05) is 5.32 Å². The van der Waals surface area contributed by atoms with Crippen LogP contribution in [0.4, 0.5) is 14.6 Å². The van der Waals surface area contributed by atoms with E-state index in [0.717, 1.165) is 22.2 Å². The second-order valence-electron chi connectivity index (χ2n) is 8.19. The van der Waals surface area contributed by atoms with Crippen LogP contribution in [0.3, 0.4) is 0 Å². The molecule has 1 aromatic carbocycles. The third-order valence-corrected chi connectivity index (χ3v) is 4.68. The first-order chi connectivity index (χ1) is 13.8. The third kappa shape index (κ3) is 4.16. The van der Waals surface area contributed by atoms with Gasteiger partial charge >= 0.3 is 0 Å². The molecule has 2 heterocycles. The molecule has 1 N–H and O–H groups in total. The lowest BCUT2D eigenvalue weighted by molar-refractivity contribution is 0.580. The molecule has 29 heavy (non-hydrogen) atoms. The summed E-state index contributed by atoms with van der Waals surface area (Å²) in [5.74, 6) is 0.0915. The predicted octanol–water partition coefficient (Wildman–Crippen LogP) is 3.78. The Hall–Kier alpha value is -3.15. The molecule has 3 aromatic rings. The summed E-state index contributed by atoms with van der Waals surface area (Å²) in [5.41, 5.74) is 0.920. The highest BCUT2D eigenvalue weighted by Crippen LogP contribution is 2.27.